The number of nitrogens with one attached hydrogen (secondary N) is 2. The molecule has 1 unspecified atom stereocenters. The average molecular weight is 230 g/mol. The summed E-state index contributed by atoms with van der Waals surface area (Å²) < 4.78 is 25.6. The summed E-state index contributed by atoms with van der Waals surface area (Å²) in [5.41, 5.74) is 0. The van der Waals surface area contributed by atoms with E-state index in [0.29, 0.717) is 0 Å². The van der Waals surface area contributed by atoms with E-state index in [2.05, 4.69) is 21.9 Å². The molecule has 0 aliphatic carbocycles. The lowest BCUT2D eigenvalue weighted by Crippen LogP contribution is -2.37. The van der Waals surface area contributed by atoms with Crippen LogP contribution in [-0.2, 0) is 10.0 Å². The lowest BCUT2D eigenvalue weighted by atomic mass is 10.0. The Morgan fingerprint density at radius 2 is 2.33 bits per heavy atom. The standard InChI is InChI=1S/C10H18N2O2S/c1-2-3-7-12-15(13,14)9-10-5-4-6-11-8-10/h10-12H,4-9H2,1H3. The topological polar surface area (TPSA) is 58.2 Å². The average Bonchev–Trinajstić information content (AvgIpc) is 2.18. The second kappa shape index (κ2) is 6.11. The summed E-state index contributed by atoms with van der Waals surface area (Å²) >= 11 is 0. The molecule has 0 aromatic heterocycles. The Morgan fingerprint density at radius 1 is 1.53 bits per heavy atom. The molecule has 0 radical (unpaired) electrons. The Hall–Kier alpha value is -0.570. The molecule has 15 heavy (non-hydrogen) atoms. The number of sulfonamides is 1. The Labute approximate surface area is 91.9 Å². The maximum atomic E-state index is 11.6. The zero-order valence-electron chi connectivity index (χ0n) is 9.04. The molecule has 5 heteroatoms. The van der Waals surface area contributed by atoms with Crippen LogP contribution in [0.3, 0.4) is 0 Å². The smallest absolute Gasteiger partial charge is 0.212 e. The van der Waals surface area contributed by atoms with Crippen LogP contribution < -0.4 is 10.0 Å². The summed E-state index contributed by atoms with van der Waals surface area (Å²) in [5, 5.41) is 3.20. The lowest BCUT2D eigenvalue weighted by Gasteiger charge is -2.22. The van der Waals surface area contributed by atoms with Crippen molar-refractivity contribution in [2.24, 2.45) is 5.92 Å². The van der Waals surface area contributed by atoms with Crippen LogP contribution in [0.2, 0.25) is 0 Å². The van der Waals surface area contributed by atoms with Gasteiger partial charge in [0.15, 0.2) is 0 Å². The van der Waals surface area contributed by atoms with E-state index in [1.54, 1.807) is 6.92 Å². The van der Waals surface area contributed by atoms with Gasteiger partial charge < -0.3 is 5.32 Å². The molecule has 1 aliphatic heterocycles. The monoisotopic (exact) mass is 230 g/mol. The van der Waals surface area contributed by atoms with Gasteiger partial charge >= 0.3 is 0 Å². The van der Waals surface area contributed by atoms with Crippen LogP contribution in [0.15, 0.2) is 0 Å². The Morgan fingerprint density at radius 3 is 2.93 bits per heavy atom. The van der Waals surface area contributed by atoms with Gasteiger partial charge in [0.2, 0.25) is 10.0 Å². The van der Waals surface area contributed by atoms with Gasteiger partial charge in [0.05, 0.1) is 12.3 Å². The molecule has 0 aromatic carbocycles. The van der Waals surface area contributed by atoms with Crippen LogP contribution in [0, 0.1) is 17.8 Å². The molecular formula is C10H18N2O2S. The van der Waals surface area contributed by atoms with Gasteiger partial charge in [0.1, 0.15) is 0 Å². The molecule has 0 aromatic rings. The minimum absolute atomic E-state index is 0.214. The largest absolute Gasteiger partial charge is 0.316 e. The van der Waals surface area contributed by atoms with Gasteiger partial charge in [-0.05, 0) is 38.8 Å². The van der Waals surface area contributed by atoms with Crippen molar-refractivity contribution in [3.63, 3.8) is 0 Å². The molecule has 86 valence electrons. The van der Waals surface area contributed by atoms with Crippen LogP contribution in [-0.4, -0.2) is 33.8 Å². The fraction of sp³-hybridized carbons (Fsp3) is 0.800. The molecular weight excluding hydrogens is 212 g/mol. The second-order valence-electron chi connectivity index (χ2n) is 3.74. The minimum atomic E-state index is -3.15. The van der Waals surface area contributed by atoms with E-state index >= 15 is 0 Å². The summed E-state index contributed by atoms with van der Waals surface area (Å²) in [6.07, 6.45) is 2.06. The van der Waals surface area contributed by atoms with Crippen LogP contribution in [0.25, 0.3) is 0 Å². The molecule has 0 bridgehead atoms. The third-order valence-electron chi connectivity index (χ3n) is 2.41. The first-order chi connectivity index (χ1) is 7.14. The van der Waals surface area contributed by atoms with Gasteiger partial charge in [-0.15, -0.1) is 5.92 Å². The summed E-state index contributed by atoms with van der Waals surface area (Å²) in [6, 6.07) is 0. The van der Waals surface area contributed by atoms with Crippen LogP contribution in [0.4, 0.5) is 0 Å². The van der Waals surface area contributed by atoms with E-state index in [-0.39, 0.29) is 18.2 Å². The summed E-state index contributed by atoms with van der Waals surface area (Å²) in [7, 11) is -3.15. The van der Waals surface area contributed by atoms with E-state index in [1.807, 2.05) is 0 Å². The second-order valence-corrected chi connectivity index (χ2v) is 5.59. The molecule has 0 saturated carbocycles. The van der Waals surface area contributed by atoms with Gasteiger partial charge in [0, 0.05) is 0 Å². The molecule has 4 nitrogen and oxygen atoms in total. The molecule has 2 N–H and O–H groups in total. The molecule has 1 atom stereocenters. The predicted octanol–water partition coefficient (Wildman–Crippen LogP) is -0.0713. The van der Waals surface area contributed by atoms with Crippen molar-refractivity contribution in [2.75, 3.05) is 25.4 Å². The zero-order valence-corrected chi connectivity index (χ0v) is 9.86. The summed E-state index contributed by atoms with van der Waals surface area (Å²) in [4.78, 5) is 0. The van der Waals surface area contributed by atoms with Gasteiger partial charge in [-0.2, -0.15) is 0 Å². The normalized spacial score (nSPS) is 21.8. The van der Waals surface area contributed by atoms with E-state index in [1.165, 1.54) is 0 Å². The third-order valence-corrected chi connectivity index (χ3v) is 3.91. The molecule has 1 fully saturated rings. The summed E-state index contributed by atoms with van der Waals surface area (Å²) in [6.45, 7) is 3.73. The molecule has 1 rings (SSSR count). The highest BCUT2D eigenvalue weighted by molar-refractivity contribution is 7.89. The van der Waals surface area contributed by atoms with Crippen molar-refractivity contribution in [3.05, 3.63) is 0 Å². The molecule has 1 saturated heterocycles. The highest BCUT2D eigenvalue weighted by Gasteiger charge is 2.20. The minimum Gasteiger partial charge on any atom is -0.316 e. The molecule has 0 amide bonds. The Balaban J connectivity index is 2.36. The maximum Gasteiger partial charge on any atom is 0.212 e. The molecule has 1 heterocycles. The van der Waals surface area contributed by atoms with E-state index in [4.69, 9.17) is 0 Å². The quantitative estimate of drug-likeness (QED) is 0.665. The molecule has 1 aliphatic rings. The Bertz CT molecular complexity index is 334. The van der Waals surface area contributed by atoms with Crippen molar-refractivity contribution < 1.29 is 8.42 Å². The van der Waals surface area contributed by atoms with Crippen LogP contribution in [0.5, 0.6) is 0 Å². The third kappa shape index (κ3) is 5.17. The van der Waals surface area contributed by atoms with Crippen molar-refractivity contribution in [2.45, 2.75) is 19.8 Å². The van der Waals surface area contributed by atoms with Crippen molar-refractivity contribution in [1.29, 1.82) is 0 Å². The van der Waals surface area contributed by atoms with Gasteiger partial charge in [0.25, 0.3) is 0 Å². The first-order valence-corrected chi connectivity index (χ1v) is 6.87. The maximum absolute atomic E-state index is 11.6. The number of hydrogen-bond acceptors (Lipinski definition) is 3. The van der Waals surface area contributed by atoms with Gasteiger partial charge in [-0.3, -0.25) is 0 Å². The highest BCUT2D eigenvalue weighted by atomic mass is 32.2. The fourth-order valence-corrected chi connectivity index (χ4v) is 2.98. The highest BCUT2D eigenvalue weighted by Crippen LogP contribution is 2.11. The van der Waals surface area contributed by atoms with Crippen molar-refractivity contribution in [3.8, 4) is 11.8 Å². The first-order valence-electron chi connectivity index (χ1n) is 5.22. The zero-order chi connectivity index (χ0) is 11.1. The fourth-order valence-electron chi connectivity index (χ4n) is 1.67. The van der Waals surface area contributed by atoms with E-state index in [9.17, 15) is 8.42 Å². The number of rotatable bonds is 4. The first kappa shape index (κ1) is 12.5. The van der Waals surface area contributed by atoms with E-state index in [0.717, 1.165) is 25.9 Å². The predicted molar refractivity (Wildman–Crippen MR) is 60.8 cm³/mol. The van der Waals surface area contributed by atoms with E-state index < -0.39 is 10.0 Å². The number of hydrogen-bond donors (Lipinski definition) is 2. The van der Waals surface area contributed by atoms with Crippen molar-refractivity contribution >= 4 is 10.0 Å². The number of piperidine rings is 1. The van der Waals surface area contributed by atoms with Crippen LogP contribution in [0.1, 0.15) is 19.8 Å². The van der Waals surface area contributed by atoms with Crippen LogP contribution >= 0.6 is 0 Å². The van der Waals surface area contributed by atoms with Crippen molar-refractivity contribution in [1.82, 2.24) is 10.0 Å². The van der Waals surface area contributed by atoms with Gasteiger partial charge in [-0.25, -0.2) is 13.1 Å². The molecule has 0 spiro atoms. The Kier molecular flexibility index (Phi) is 5.09. The summed E-state index contributed by atoms with van der Waals surface area (Å²) in [5.74, 6) is 5.80. The van der Waals surface area contributed by atoms with Gasteiger partial charge in [-0.1, -0.05) is 5.92 Å². The SMILES string of the molecule is CC#CCNS(=O)(=O)CC1CCCNC1. The lowest BCUT2D eigenvalue weighted by molar-refractivity contribution is 0.403.